The third-order valence-electron chi connectivity index (χ3n) is 2.03. The number of anilines is 2. The van der Waals surface area contributed by atoms with Gasteiger partial charge in [0.05, 0.1) is 21.7 Å². The van der Waals surface area contributed by atoms with Crippen LogP contribution in [0.5, 0.6) is 0 Å². The molecule has 0 saturated carbocycles. The van der Waals surface area contributed by atoms with Crippen LogP contribution in [0.2, 0.25) is 0 Å². The smallest absolute Gasteiger partial charge is 0.251 e. The zero-order valence-corrected chi connectivity index (χ0v) is 12.0. The SMILES string of the molecule is NC(=O)c1ccsc1NC(=O)CSc1cnc(N)s1. The first-order valence-corrected chi connectivity index (χ1v) is 7.75. The number of carbonyl (C=O) groups is 2. The van der Waals surface area contributed by atoms with Gasteiger partial charge in [-0.05, 0) is 11.4 Å². The molecule has 2 amide bonds. The van der Waals surface area contributed by atoms with Crippen LogP contribution < -0.4 is 16.8 Å². The Balaban J connectivity index is 1.90. The van der Waals surface area contributed by atoms with E-state index < -0.39 is 5.91 Å². The molecule has 2 aromatic rings. The minimum atomic E-state index is -0.556. The molecule has 0 unspecified atom stereocenters. The monoisotopic (exact) mass is 314 g/mol. The molecule has 19 heavy (non-hydrogen) atoms. The van der Waals surface area contributed by atoms with Gasteiger partial charge in [-0.1, -0.05) is 11.3 Å². The zero-order chi connectivity index (χ0) is 13.8. The number of hydrogen-bond acceptors (Lipinski definition) is 7. The standard InChI is InChI=1S/C10H10N4O2S3/c11-8(16)5-1-2-17-9(5)14-6(15)4-18-7-3-13-10(12)19-7/h1-3H,4H2,(H2,11,16)(H2,12,13)(H,14,15). The van der Waals surface area contributed by atoms with Gasteiger partial charge in [-0.2, -0.15) is 0 Å². The normalized spacial score (nSPS) is 10.3. The molecule has 0 aromatic carbocycles. The third kappa shape index (κ3) is 3.69. The molecule has 0 aliphatic rings. The van der Waals surface area contributed by atoms with Gasteiger partial charge in [0.1, 0.15) is 5.00 Å². The number of hydrogen-bond donors (Lipinski definition) is 3. The van der Waals surface area contributed by atoms with E-state index in [1.165, 1.54) is 34.4 Å². The second-order valence-corrected chi connectivity index (χ2v) is 6.64. The van der Waals surface area contributed by atoms with Crippen LogP contribution in [0, 0.1) is 0 Å². The number of thioether (sulfide) groups is 1. The lowest BCUT2D eigenvalue weighted by Crippen LogP contribution is -2.17. The maximum absolute atomic E-state index is 11.7. The fourth-order valence-electron chi connectivity index (χ4n) is 1.24. The summed E-state index contributed by atoms with van der Waals surface area (Å²) in [5, 5.41) is 5.30. The lowest BCUT2D eigenvalue weighted by atomic mass is 10.3. The lowest BCUT2D eigenvalue weighted by Gasteiger charge is -2.03. The number of thiazole rings is 1. The van der Waals surface area contributed by atoms with Crippen molar-refractivity contribution in [1.29, 1.82) is 0 Å². The summed E-state index contributed by atoms with van der Waals surface area (Å²) in [6.07, 6.45) is 1.62. The summed E-state index contributed by atoms with van der Waals surface area (Å²) >= 11 is 3.92. The summed E-state index contributed by atoms with van der Waals surface area (Å²) in [7, 11) is 0. The zero-order valence-electron chi connectivity index (χ0n) is 9.58. The minimum Gasteiger partial charge on any atom is -0.375 e. The highest BCUT2D eigenvalue weighted by molar-refractivity contribution is 8.01. The number of carbonyl (C=O) groups excluding carboxylic acids is 2. The molecule has 0 fully saturated rings. The van der Waals surface area contributed by atoms with Crippen molar-refractivity contribution in [3.8, 4) is 0 Å². The number of rotatable bonds is 5. The predicted octanol–water partition coefficient (Wildman–Crippen LogP) is 1.62. The summed E-state index contributed by atoms with van der Waals surface area (Å²) in [6, 6.07) is 1.58. The maximum Gasteiger partial charge on any atom is 0.251 e. The van der Waals surface area contributed by atoms with Crippen molar-refractivity contribution in [3.05, 3.63) is 23.2 Å². The van der Waals surface area contributed by atoms with Crippen LogP contribution in [0.4, 0.5) is 10.1 Å². The van der Waals surface area contributed by atoms with Crippen molar-refractivity contribution in [3.63, 3.8) is 0 Å². The Morgan fingerprint density at radius 3 is 2.89 bits per heavy atom. The number of nitrogen functional groups attached to an aromatic ring is 1. The van der Waals surface area contributed by atoms with E-state index in [2.05, 4.69) is 10.3 Å². The number of nitrogens with two attached hydrogens (primary N) is 2. The van der Waals surface area contributed by atoms with Crippen LogP contribution in [0.25, 0.3) is 0 Å². The van der Waals surface area contributed by atoms with Gasteiger partial charge in [0.25, 0.3) is 5.91 Å². The average molecular weight is 314 g/mol. The van der Waals surface area contributed by atoms with E-state index in [4.69, 9.17) is 11.5 Å². The topological polar surface area (TPSA) is 111 Å². The number of thiophene rings is 1. The number of primary amides is 1. The van der Waals surface area contributed by atoms with Crippen LogP contribution in [-0.2, 0) is 4.79 Å². The van der Waals surface area contributed by atoms with Crippen molar-refractivity contribution >= 4 is 56.4 Å². The van der Waals surface area contributed by atoms with Gasteiger partial charge in [0.2, 0.25) is 5.91 Å². The number of nitrogens with zero attached hydrogens (tertiary/aromatic N) is 1. The average Bonchev–Trinajstić information content (AvgIpc) is 2.95. The van der Waals surface area contributed by atoms with Crippen molar-refractivity contribution in [2.24, 2.45) is 5.73 Å². The van der Waals surface area contributed by atoms with Crippen LogP contribution in [0.1, 0.15) is 10.4 Å². The molecule has 9 heteroatoms. The van der Waals surface area contributed by atoms with E-state index in [0.29, 0.717) is 15.7 Å². The molecule has 2 rings (SSSR count). The van der Waals surface area contributed by atoms with Crippen LogP contribution in [0.3, 0.4) is 0 Å². The first-order valence-electron chi connectivity index (χ1n) is 5.07. The van der Waals surface area contributed by atoms with Crippen LogP contribution in [0.15, 0.2) is 21.9 Å². The molecule has 0 atom stereocenters. The van der Waals surface area contributed by atoms with Gasteiger partial charge >= 0.3 is 0 Å². The summed E-state index contributed by atoms with van der Waals surface area (Å²) in [6.45, 7) is 0. The van der Waals surface area contributed by atoms with Gasteiger partial charge in [-0.25, -0.2) is 4.98 Å². The van der Waals surface area contributed by atoms with E-state index in [9.17, 15) is 9.59 Å². The van der Waals surface area contributed by atoms with E-state index in [1.807, 2.05) is 0 Å². The Morgan fingerprint density at radius 1 is 1.47 bits per heavy atom. The summed E-state index contributed by atoms with van der Waals surface area (Å²) in [5.74, 6) is -0.543. The minimum absolute atomic E-state index is 0.207. The third-order valence-corrected chi connectivity index (χ3v) is 4.88. The highest BCUT2D eigenvalue weighted by Crippen LogP contribution is 2.27. The second kappa shape index (κ2) is 6.04. The molecule has 100 valence electrons. The maximum atomic E-state index is 11.7. The Morgan fingerprint density at radius 2 is 2.26 bits per heavy atom. The van der Waals surface area contributed by atoms with E-state index in [1.54, 1.807) is 17.6 Å². The van der Waals surface area contributed by atoms with E-state index in [-0.39, 0.29) is 11.7 Å². The van der Waals surface area contributed by atoms with E-state index in [0.717, 1.165) is 4.21 Å². The number of aromatic nitrogens is 1. The molecule has 0 radical (unpaired) electrons. The van der Waals surface area contributed by atoms with Gasteiger partial charge in [0, 0.05) is 0 Å². The van der Waals surface area contributed by atoms with Gasteiger partial charge in [-0.15, -0.1) is 23.1 Å². The molecule has 6 nitrogen and oxygen atoms in total. The van der Waals surface area contributed by atoms with Crippen molar-refractivity contribution < 1.29 is 9.59 Å². The Bertz CT molecular complexity index is 607. The molecule has 0 aliphatic heterocycles. The quantitative estimate of drug-likeness (QED) is 0.726. The van der Waals surface area contributed by atoms with Crippen molar-refractivity contribution in [2.75, 3.05) is 16.8 Å². The molecule has 2 heterocycles. The lowest BCUT2D eigenvalue weighted by molar-refractivity contribution is -0.113. The number of amides is 2. The Labute approximate surface area is 121 Å². The highest BCUT2D eigenvalue weighted by atomic mass is 32.2. The van der Waals surface area contributed by atoms with Crippen molar-refractivity contribution in [2.45, 2.75) is 4.21 Å². The molecule has 0 spiro atoms. The largest absolute Gasteiger partial charge is 0.375 e. The molecule has 2 aromatic heterocycles. The molecule has 0 saturated heterocycles. The molecular weight excluding hydrogens is 304 g/mol. The Hall–Kier alpha value is -1.58. The second-order valence-electron chi connectivity index (χ2n) is 3.38. The molecule has 0 bridgehead atoms. The highest BCUT2D eigenvalue weighted by Gasteiger charge is 2.13. The van der Waals surface area contributed by atoms with Gasteiger partial charge < -0.3 is 16.8 Å². The number of nitrogens with one attached hydrogen (secondary N) is 1. The summed E-state index contributed by atoms with van der Waals surface area (Å²) in [5.41, 5.74) is 11.0. The van der Waals surface area contributed by atoms with Gasteiger partial charge in [-0.3, -0.25) is 9.59 Å². The van der Waals surface area contributed by atoms with Gasteiger partial charge in [0.15, 0.2) is 5.13 Å². The van der Waals surface area contributed by atoms with E-state index >= 15 is 0 Å². The first kappa shape index (κ1) is 13.8. The fourth-order valence-corrected chi connectivity index (χ4v) is 3.61. The van der Waals surface area contributed by atoms with Crippen LogP contribution >= 0.6 is 34.4 Å². The predicted molar refractivity (Wildman–Crippen MR) is 78.7 cm³/mol. The molecular formula is C10H10N4O2S3. The molecule has 0 aliphatic carbocycles. The summed E-state index contributed by atoms with van der Waals surface area (Å²) in [4.78, 5) is 26.7. The first-order chi connectivity index (χ1) is 9.06. The summed E-state index contributed by atoms with van der Waals surface area (Å²) < 4.78 is 0.869. The van der Waals surface area contributed by atoms with Crippen LogP contribution in [-0.4, -0.2) is 22.6 Å². The molecule has 5 N–H and O–H groups in total. The Kier molecular flexibility index (Phi) is 4.40. The fraction of sp³-hybridized carbons (Fsp3) is 0.100. The van der Waals surface area contributed by atoms with Crippen molar-refractivity contribution in [1.82, 2.24) is 4.98 Å².